The van der Waals surface area contributed by atoms with E-state index in [4.69, 9.17) is 27.9 Å². The molecule has 1 aliphatic rings. The quantitative estimate of drug-likeness (QED) is 0.803. The van der Waals surface area contributed by atoms with Crippen molar-refractivity contribution in [3.8, 4) is 0 Å². The summed E-state index contributed by atoms with van der Waals surface area (Å²) in [6, 6.07) is 10.2. The molecule has 0 aliphatic carbocycles. The monoisotopic (exact) mass is 363 g/mol. The molecule has 1 heterocycles. The van der Waals surface area contributed by atoms with E-state index in [1.165, 1.54) is 0 Å². The van der Waals surface area contributed by atoms with Crippen molar-refractivity contribution < 1.29 is 14.3 Å². The minimum absolute atomic E-state index is 0.291. The third kappa shape index (κ3) is 3.12. The number of cyclic esters (lactones) is 1. The Balaban J connectivity index is 1.89. The van der Waals surface area contributed by atoms with Gasteiger partial charge in [-0.1, -0.05) is 40.9 Å². The normalized spacial score (nSPS) is 19.4. The fourth-order valence-corrected chi connectivity index (χ4v) is 3.04. The van der Waals surface area contributed by atoms with E-state index < -0.39 is 17.5 Å². The fraction of sp³-hybridized carbons (Fsp3) is 0.222. The second-order valence-corrected chi connectivity index (χ2v) is 6.88. The van der Waals surface area contributed by atoms with Gasteiger partial charge in [-0.3, -0.25) is 4.79 Å². The number of hydrogen-bond donors (Lipinski definition) is 1. The third-order valence-corrected chi connectivity index (χ3v) is 4.55. The number of benzene rings is 2. The summed E-state index contributed by atoms with van der Waals surface area (Å²) < 4.78 is 5.42. The minimum Gasteiger partial charge on any atom is -0.445 e. The summed E-state index contributed by atoms with van der Waals surface area (Å²) in [6.07, 6.45) is 0.291. The molecule has 0 fully saturated rings. The van der Waals surface area contributed by atoms with Gasteiger partial charge in [0.05, 0.1) is 16.3 Å². The van der Waals surface area contributed by atoms with Crippen LogP contribution in [0.3, 0.4) is 0 Å². The van der Waals surface area contributed by atoms with E-state index in [2.05, 4.69) is 5.32 Å². The highest BCUT2D eigenvalue weighted by Gasteiger charge is 2.42. The molecule has 2 aromatic rings. The average molecular weight is 364 g/mol. The molecule has 24 heavy (non-hydrogen) atoms. The van der Waals surface area contributed by atoms with Crippen molar-refractivity contribution in [1.29, 1.82) is 0 Å². The van der Waals surface area contributed by atoms with Crippen molar-refractivity contribution in [3.63, 3.8) is 0 Å². The maximum absolute atomic E-state index is 12.7. The Hall–Kier alpha value is -2.04. The van der Waals surface area contributed by atoms with E-state index in [9.17, 15) is 9.59 Å². The topological polar surface area (TPSA) is 55.4 Å². The second-order valence-electron chi connectivity index (χ2n) is 6.04. The number of anilines is 1. The van der Waals surface area contributed by atoms with Crippen molar-refractivity contribution >= 4 is 40.8 Å². The predicted octanol–water partition coefficient (Wildman–Crippen LogP) is 4.41. The summed E-state index contributed by atoms with van der Waals surface area (Å²) >= 11 is 12.0. The number of esters is 1. The number of carbonyl (C=O) groups excluding carboxylic acids is 2. The van der Waals surface area contributed by atoms with Crippen molar-refractivity contribution in [2.45, 2.75) is 25.9 Å². The molecule has 0 bridgehead atoms. The number of hydrogen-bond acceptors (Lipinski definition) is 3. The van der Waals surface area contributed by atoms with Gasteiger partial charge in [-0.05, 0) is 43.7 Å². The molecule has 1 atom stereocenters. The molecule has 0 saturated heterocycles. The molecular weight excluding hydrogens is 349 g/mol. The van der Waals surface area contributed by atoms with Gasteiger partial charge in [-0.15, -0.1) is 0 Å². The lowest BCUT2D eigenvalue weighted by Gasteiger charge is -2.33. The number of nitrogens with one attached hydrogen (secondary N) is 1. The summed E-state index contributed by atoms with van der Waals surface area (Å²) in [7, 11) is 0. The number of rotatable bonds is 2. The SMILES string of the molecule is Cc1ccc2c(c1)CC(C)(C(=O)Nc1cc(Cl)ccc1Cl)OC2=O. The third-order valence-electron chi connectivity index (χ3n) is 3.98. The minimum atomic E-state index is -1.32. The summed E-state index contributed by atoms with van der Waals surface area (Å²) in [5.74, 6) is -0.960. The summed E-state index contributed by atoms with van der Waals surface area (Å²) in [5, 5.41) is 3.50. The lowest BCUT2D eigenvalue weighted by molar-refractivity contribution is -0.134. The van der Waals surface area contributed by atoms with Crippen LogP contribution in [0.15, 0.2) is 36.4 Å². The largest absolute Gasteiger partial charge is 0.445 e. The second kappa shape index (κ2) is 6.11. The molecule has 6 heteroatoms. The first kappa shape index (κ1) is 16.8. The fourth-order valence-electron chi connectivity index (χ4n) is 2.70. The number of carbonyl (C=O) groups is 2. The molecule has 0 spiro atoms. The van der Waals surface area contributed by atoms with Crippen LogP contribution in [-0.2, 0) is 16.0 Å². The van der Waals surface area contributed by atoms with Crippen LogP contribution in [0, 0.1) is 6.92 Å². The van der Waals surface area contributed by atoms with Crippen LogP contribution in [0.5, 0.6) is 0 Å². The Bertz CT molecular complexity index is 850. The van der Waals surface area contributed by atoms with E-state index in [0.717, 1.165) is 11.1 Å². The average Bonchev–Trinajstić information content (AvgIpc) is 2.50. The van der Waals surface area contributed by atoms with E-state index >= 15 is 0 Å². The van der Waals surface area contributed by atoms with Gasteiger partial charge < -0.3 is 10.1 Å². The Kier molecular flexibility index (Phi) is 4.28. The standard InChI is InChI=1S/C18H15Cl2NO3/c1-10-3-5-13-11(7-10)9-18(2,24-16(13)22)17(23)21-15-8-12(19)4-6-14(15)20/h3-8H,9H2,1-2H3,(H,21,23). The predicted molar refractivity (Wildman–Crippen MR) is 93.8 cm³/mol. The van der Waals surface area contributed by atoms with Gasteiger partial charge in [0.2, 0.25) is 0 Å². The zero-order chi connectivity index (χ0) is 17.5. The van der Waals surface area contributed by atoms with Crippen LogP contribution in [0.1, 0.15) is 28.4 Å². The molecule has 1 unspecified atom stereocenters. The highest BCUT2D eigenvalue weighted by atomic mass is 35.5. The Morgan fingerprint density at radius 2 is 1.96 bits per heavy atom. The summed E-state index contributed by atoms with van der Waals surface area (Å²) in [6.45, 7) is 3.52. The van der Waals surface area contributed by atoms with Gasteiger partial charge >= 0.3 is 5.97 Å². The number of ether oxygens (including phenoxy) is 1. The van der Waals surface area contributed by atoms with E-state index in [0.29, 0.717) is 27.7 Å². The maximum atomic E-state index is 12.7. The molecule has 2 aromatic carbocycles. The highest BCUT2D eigenvalue weighted by molar-refractivity contribution is 6.35. The van der Waals surface area contributed by atoms with E-state index in [1.54, 1.807) is 31.2 Å². The van der Waals surface area contributed by atoms with Crippen LogP contribution in [0.25, 0.3) is 0 Å². The van der Waals surface area contributed by atoms with Gasteiger partial charge in [0.15, 0.2) is 5.60 Å². The molecule has 3 rings (SSSR count). The van der Waals surface area contributed by atoms with Crippen LogP contribution < -0.4 is 5.32 Å². The lowest BCUT2D eigenvalue weighted by atomic mass is 9.88. The summed E-state index contributed by atoms with van der Waals surface area (Å²) in [4.78, 5) is 24.9. The van der Waals surface area contributed by atoms with Crippen molar-refractivity contribution in [2.24, 2.45) is 0 Å². The Morgan fingerprint density at radius 3 is 2.71 bits per heavy atom. The Labute approximate surface area is 149 Å². The molecule has 0 radical (unpaired) electrons. The van der Waals surface area contributed by atoms with Gasteiger partial charge in [0, 0.05) is 11.4 Å². The maximum Gasteiger partial charge on any atom is 0.339 e. The zero-order valence-electron chi connectivity index (χ0n) is 13.2. The molecular formula is C18H15Cl2NO3. The Morgan fingerprint density at radius 1 is 1.21 bits per heavy atom. The van der Waals surface area contributed by atoms with Crippen LogP contribution in [-0.4, -0.2) is 17.5 Å². The number of fused-ring (bicyclic) bond motifs is 1. The van der Waals surface area contributed by atoms with E-state index in [1.807, 2.05) is 19.1 Å². The van der Waals surface area contributed by atoms with Gasteiger partial charge in [0.25, 0.3) is 5.91 Å². The molecule has 1 N–H and O–H groups in total. The number of amides is 1. The first-order valence-corrected chi connectivity index (χ1v) is 8.13. The molecule has 4 nitrogen and oxygen atoms in total. The molecule has 0 aromatic heterocycles. The number of halogens is 2. The van der Waals surface area contributed by atoms with Crippen molar-refractivity contribution in [1.82, 2.24) is 0 Å². The summed E-state index contributed by atoms with van der Waals surface area (Å²) in [5.41, 5.74) is 1.36. The van der Waals surface area contributed by atoms with Gasteiger partial charge in [-0.2, -0.15) is 0 Å². The van der Waals surface area contributed by atoms with Crippen molar-refractivity contribution in [3.05, 3.63) is 63.1 Å². The first-order valence-electron chi connectivity index (χ1n) is 7.38. The number of aryl methyl sites for hydroxylation is 1. The molecule has 1 amide bonds. The zero-order valence-corrected chi connectivity index (χ0v) is 14.7. The molecule has 124 valence electrons. The van der Waals surface area contributed by atoms with Crippen LogP contribution in [0.2, 0.25) is 10.0 Å². The van der Waals surface area contributed by atoms with Crippen LogP contribution >= 0.6 is 23.2 Å². The molecule has 1 aliphatic heterocycles. The molecule has 0 saturated carbocycles. The van der Waals surface area contributed by atoms with Gasteiger partial charge in [0.1, 0.15) is 0 Å². The lowest BCUT2D eigenvalue weighted by Crippen LogP contribution is -2.49. The smallest absolute Gasteiger partial charge is 0.339 e. The van der Waals surface area contributed by atoms with Gasteiger partial charge in [-0.25, -0.2) is 4.79 Å². The van der Waals surface area contributed by atoms with Crippen LogP contribution in [0.4, 0.5) is 5.69 Å². The highest BCUT2D eigenvalue weighted by Crippen LogP contribution is 2.32. The van der Waals surface area contributed by atoms with E-state index in [-0.39, 0.29) is 0 Å². The first-order chi connectivity index (χ1) is 11.3. The van der Waals surface area contributed by atoms with Crippen molar-refractivity contribution in [2.75, 3.05) is 5.32 Å².